The molecule has 152 valence electrons. The van der Waals surface area contributed by atoms with Gasteiger partial charge in [-0.3, -0.25) is 9.91 Å². The Hall–Kier alpha value is -3.11. The molecule has 1 fully saturated rings. The van der Waals surface area contributed by atoms with E-state index in [0.717, 1.165) is 31.7 Å². The fraction of sp³-hybridized carbons (Fsp3) is 0.269. The Bertz CT molecular complexity index is 1000. The maximum absolute atomic E-state index is 4.75. The van der Waals surface area contributed by atoms with Crippen LogP contribution < -0.4 is 4.90 Å². The Morgan fingerprint density at radius 3 is 1.90 bits per heavy atom. The van der Waals surface area contributed by atoms with Gasteiger partial charge in [-0.25, -0.2) is 0 Å². The summed E-state index contributed by atoms with van der Waals surface area (Å²) in [4.78, 5) is 4.72. The van der Waals surface area contributed by atoms with Crippen molar-refractivity contribution in [2.75, 3.05) is 45.2 Å². The number of anilines is 1. The number of hydrogen-bond acceptors (Lipinski definition) is 4. The van der Waals surface area contributed by atoms with E-state index >= 15 is 0 Å². The van der Waals surface area contributed by atoms with Crippen molar-refractivity contribution in [1.82, 2.24) is 9.91 Å². The van der Waals surface area contributed by atoms with Gasteiger partial charge in [-0.1, -0.05) is 60.7 Å². The normalized spacial score (nSPS) is 16.7. The number of piperazine rings is 1. The topological polar surface area (TPSA) is 22.1 Å². The number of hydrazone groups is 1. The van der Waals surface area contributed by atoms with Crippen LogP contribution in [0.15, 0.2) is 77.9 Å². The summed E-state index contributed by atoms with van der Waals surface area (Å²) in [6.45, 7) is 3.94. The molecule has 0 saturated carbocycles. The Morgan fingerprint density at radius 1 is 0.767 bits per heavy atom. The van der Waals surface area contributed by atoms with E-state index < -0.39 is 0 Å². The molecule has 4 heteroatoms. The average Bonchev–Trinajstić information content (AvgIpc) is 3.13. The van der Waals surface area contributed by atoms with Crippen LogP contribution >= 0.6 is 0 Å². The maximum atomic E-state index is 4.75. The molecule has 2 aliphatic rings. The summed E-state index contributed by atoms with van der Waals surface area (Å²) in [5, 5.41) is 6.94. The summed E-state index contributed by atoms with van der Waals surface area (Å²) < 4.78 is 0. The van der Waals surface area contributed by atoms with Crippen LogP contribution in [0.25, 0.3) is 11.1 Å². The fourth-order valence-corrected chi connectivity index (χ4v) is 4.61. The Labute approximate surface area is 179 Å². The first kappa shape index (κ1) is 18.9. The van der Waals surface area contributed by atoms with Crippen molar-refractivity contribution in [3.8, 4) is 11.1 Å². The summed E-state index contributed by atoms with van der Waals surface area (Å²) >= 11 is 0. The molecule has 4 nitrogen and oxygen atoms in total. The van der Waals surface area contributed by atoms with Crippen LogP contribution in [0.1, 0.15) is 22.7 Å². The SMILES string of the molecule is CN(C)c1ccc(/C=N\N2CCN(C3c4ccccc4-c4ccccc43)CC2)cc1. The zero-order valence-corrected chi connectivity index (χ0v) is 17.7. The van der Waals surface area contributed by atoms with Gasteiger partial charge in [-0.05, 0) is 39.9 Å². The highest BCUT2D eigenvalue weighted by Gasteiger charge is 2.33. The summed E-state index contributed by atoms with van der Waals surface area (Å²) in [5.74, 6) is 0. The first-order valence-electron chi connectivity index (χ1n) is 10.7. The third-order valence-corrected chi connectivity index (χ3v) is 6.24. The van der Waals surface area contributed by atoms with Crippen molar-refractivity contribution in [2.45, 2.75) is 6.04 Å². The Balaban J connectivity index is 1.27. The largest absolute Gasteiger partial charge is 0.378 e. The van der Waals surface area contributed by atoms with Crippen molar-refractivity contribution in [3.63, 3.8) is 0 Å². The van der Waals surface area contributed by atoms with Gasteiger partial charge in [0.25, 0.3) is 0 Å². The molecule has 0 spiro atoms. The highest BCUT2D eigenvalue weighted by molar-refractivity contribution is 5.80. The van der Waals surface area contributed by atoms with Crippen molar-refractivity contribution in [1.29, 1.82) is 0 Å². The van der Waals surface area contributed by atoms with E-state index in [9.17, 15) is 0 Å². The zero-order chi connectivity index (χ0) is 20.5. The lowest BCUT2D eigenvalue weighted by Gasteiger charge is -2.37. The molecule has 0 aromatic heterocycles. The molecule has 5 rings (SSSR count). The number of fused-ring (bicyclic) bond motifs is 3. The van der Waals surface area contributed by atoms with Gasteiger partial charge >= 0.3 is 0 Å². The third kappa shape index (κ3) is 3.48. The van der Waals surface area contributed by atoms with Gasteiger partial charge in [0.05, 0.1) is 12.3 Å². The van der Waals surface area contributed by atoms with Crippen molar-refractivity contribution < 1.29 is 0 Å². The molecular weight excluding hydrogens is 368 g/mol. The highest BCUT2D eigenvalue weighted by atomic mass is 15.5. The van der Waals surface area contributed by atoms with Gasteiger partial charge in [0.15, 0.2) is 0 Å². The number of hydrogen-bond donors (Lipinski definition) is 0. The van der Waals surface area contributed by atoms with Crippen molar-refractivity contribution in [2.24, 2.45) is 5.10 Å². The Morgan fingerprint density at radius 2 is 1.33 bits per heavy atom. The summed E-state index contributed by atoms with van der Waals surface area (Å²) in [7, 11) is 4.12. The van der Waals surface area contributed by atoms with Crippen LogP contribution in [0.5, 0.6) is 0 Å². The second-order valence-electron chi connectivity index (χ2n) is 8.30. The number of rotatable bonds is 4. The van der Waals surface area contributed by atoms with Crippen LogP contribution in [0.3, 0.4) is 0 Å². The zero-order valence-electron chi connectivity index (χ0n) is 17.7. The minimum atomic E-state index is 0.363. The lowest BCUT2D eigenvalue weighted by molar-refractivity contribution is 0.114. The minimum Gasteiger partial charge on any atom is -0.378 e. The van der Waals surface area contributed by atoms with Gasteiger partial charge in [0, 0.05) is 46.0 Å². The van der Waals surface area contributed by atoms with Gasteiger partial charge in [-0.15, -0.1) is 0 Å². The Kier molecular flexibility index (Phi) is 5.01. The van der Waals surface area contributed by atoms with E-state index in [1.54, 1.807) is 0 Å². The van der Waals surface area contributed by atoms with Crippen molar-refractivity contribution in [3.05, 3.63) is 89.5 Å². The molecule has 1 aliphatic heterocycles. The average molecular weight is 397 g/mol. The molecule has 1 saturated heterocycles. The van der Waals surface area contributed by atoms with E-state index in [2.05, 4.69) is 102 Å². The smallest absolute Gasteiger partial charge is 0.0615 e. The quantitative estimate of drug-likeness (QED) is 0.608. The van der Waals surface area contributed by atoms with E-state index in [4.69, 9.17) is 5.10 Å². The van der Waals surface area contributed by atoms with Gasteiger partial charge in [0.1, 0.15) is 0 Å². The predicted octanol–water partition coefficient (Wildman–Crippen LogP) is 4.47. The van der Waals surface area contributed by atoms with E-state index in [-0.39, 0.29) is 0 Å². The second-order valence-corrected chi connectivity index (χ2v) is 8.30. The molecule has 30 heavy (non-hydrogen) atoms. The first-order chi connectivity index (χ1) is 14.7. The van der Waals surface area contributed by atoms with E-state index in [1.165, 1.54) is 27.9 Å². The summed E-state index contributed by atoms with van der Waals surface area (Å²) in [6.07, 6.45) is 1.98. The monoisotopic (exact) mass is 396 g/mol. The second kappa shape index (κ2) is 7.96. The lowest BCUT2D eigenvalue weighted by Crippen LogP contribution is -2.45. The number of benzene rings is 3. The van der Waals surface area contributed by atoms with Crippen LogP contribution in [-0.2, 0) is 0 Å². The molecule has 0 unspecified atom stereocenters. The summed E-state index contributed by atoms with van der Waals surface area (Å²) in [6, 6.07) is 26.6. The molecule has 1 heterocycles. The van der Waals surface area contributed by atoms with E-state index in [0.29, 0.717) is 6.04 Å². The van der Waals surface area contributed by atoms with Crippen molar-refractivity contribution >= 4 is 11.9 Å². The fourth-order valence-electron chi connectivity index (χ4n) is 4.61. The third-order valence-electron chi connectivity index (χ3n) is 6.24. The van der Waals surface area contributed by atoms with E-state index in [1.807, 2.05) is 6.21 Å². The molecule has 0 bridgehead atoms. The molecule has 0 N–H and O–H groups in total. The summed E-state index contributed by atoms with van der Waals surface area (Å²) in [5.41, 5.74) is 8.01. The maximum Gasteiger partial charge on any atom is 0.0615 e. The first-order valence-corrected chi connectivity index (χ1v) is 10.7. The molecule has 0 amide bonds. The predicted molar refractivity (Wildman–Crippen MR) is 125 cm³/mol. The lowest BCUT2D eigenvalue weighted by atomic mass is 10.0. The molecular formula is C26H28N4. The van der Waals surface area contributed by atoms with Crippen LogP contribution in [0, 0.1) is 0 Å². The molecule has 1 aliphatic carbocycles. The number of nitrogens with zero attached hydrogens (tertiary/aromatic N) is 4. The van der Waals surface area contributed by atoms with Gasteiger partial charge in [0.2, 0.25) is 0 Å². The standard InChI is InChI=1S/C26H28N4/c1-28(2)21-13-11-20(12-14-21)19-27-30-17-15-29(16-18-30)26-24-9-5-3-7-22(24)23-8-4-6-10-25(23)26/h3-14,19,26H,15-18H2,1-2H3/b27-19-. The minimum absolute atomic E-state index is 0.363. The van der Waals surface area contributed by atoms with Gasteiger partial charge in [-0.2, -0.15) is 5.10 Å². The van der Waals surface area contributed by atoms with Crippen LogP contribution in [0.4, 0.5) is 5.69 Å². The highest BCUT2D eigenvalue weighted by Crippen LogP contribution is 2.46. The van der Waals surface area contributed by atoms with Crippen LogP contribution in [0.2, 0.25) is 0 Å². The molecule has 3 aromatic rings. The molecule has 0 radical (unpaired) electrons. The van der Waals surface area contributed by atoms with Crippen LogP contribution in [-0.4, -0.2) is 56.4 Å². The molecule has 0 atom stereocenters. The van der Waals surface area contributed by atoms with Gasteiger partial charge < -0.3 is 4.90 Å². The molecule has 3 aromatic carbocycles.